The molecule has 2 atom stereocenters. The molecule has 0 aromatic carbocycles. The second-order valence-corrected chi connectivity index (χ2v) is 8.03. The van der Waals surface area contributed by atoms with Crippen molar-refractivity contribution in [3.8, 4) is 0 Å². The average Bonchev–Trinajstić information content (AvgIpc) is 3.00. The number of carbonyl (C=O) groups excluding carboxylic acids is 1. The molecule has 3 rings (SSSR count). The molecule has 0 aliphatic carbocycles. The molecule has 1 amide bonds. The van der Waals surface area contributed by atoms with Crippen LogP contribution in [0.4, 0.5) is 18.3 Å². The van der Waals surface area contributed by atoms with Gasteiger partial charge in [0.1, 0.15) is 5.69 Å². The van der Waals surface area contributed by atoms with Crippen LogP contribution in [0.1, 0.15) is 42.0 Å². The molecule has 0 spiro atoms. The Hall–Kier alpha value is -2.00. The summed E-state index contributed by atoms with van der Waals surface area (Å²) in [6.07, 6.45) is -2.37. The highest BCUT2D eigenvalue weighted by molar-refractivity contribution is 7.13. The molecule has 0 saturated carbocycles. The summed E-state index contributed by atoms with van der Waals surface area (Å²) in [4.78, 5) is 22.3. The number of likely N-dealkylation sites (tertiary alicyclic amines) is 1. The van der Waals surface area contributed by atoms with E-state index in [9.17, 15) is 18.0 Å². The maximum Gasteiger partial charge on any atom is 0.433 e. The summed E-state index contributed by atoms with van der Waals surface area (Å²) < 4.78 is 37.6. The van der Waals surface area contributed by atoms with Gasteiger partial charge in [0.15, 0.2) is 5.13 Å². The highest BCUT2D eigenvalue weighted by atomic mass is 32.1. The van der Waals surface area contributed by atoms with Gasteiger partial charge in [0.2, 0.25) is 0 Å². The van der Waals surface area contributed by atoms with E-state index in [2.05, 4.69) is 34.0 Å². The van der Waals surface area contributed by atoms with E-state index in [1.165, 1.54) is 17.8 Å². The molecule has 1 aliphatic heterocycles. The lowest BCUT2D eigenvalue weighted by Crippen LogP contribution is -2.38. The molecule has 1 aliphatic rings. The first-order chi connectivity index (χ1) is 12.7. The molecule has 0 bridgehead atoms. The summed E-state index contributed by atoms with van der Waals surface area (Å²) in [6.45, 7) is 7.27. The monoisotopic (exact) mass is 398 g/mol. The zero-order chi connectivity index (χ0) is 19.6. The zero-order valence-electron chi connectivity index (χ0n) is 15.1. The molecule has 1 fully saturated rings. The summed E-state index contributed by atoms with van der Waals surface area (Å²) in [5.74, 6) is 0.773. The third-order valence-corrected chi connectivity index (χ3v) is 5.22. The first-order valence-electron chi connectivity index (χ1n) is 8.72. The Kier molecular flexibility index (Phi) is 5.81. The van der Waals surface area contributed by atoms with E-state index in [1.54, 1.807) is 0 Å². The number of aromatic nitrogens is 2. The quantitative estimate of drug-likeness (QED) is 0.835. The summed E-state index contributed by atoms with van der Waals surface area (Å²) in [6, 6.07) is 1.90. The third kappa shape index (κ3) is 5.26. The van der Waals surface area contributed by atoms with Gasteiger partial charge in [-0.2, -0.15) is 13.2 Å². The molecular formula is C18H21F3N4OS. The maximum atomic E-state index is 12.5. The SMILES string of the molecule is C[C@@H]1C[C@@H](C)CN(Cc2csc(NC(=O)c3ccc(C(F)(F)F)nc3)n2)C1. The molecular weight excluding hydrogens is 377 g/mol. The van der Waals surface area contributed by atoms with Crippen molar-refractivity contribution in [1.29, 1.82) is 0 Å². The highest BCUT2D eigenvalue weighted by Crippen LogP contribution is 2.27. The van der Waals surface area contributed by atoms with Gasteiger partial charge in [0.05, 0.1) is 11.3 Å². The van der Waals surface area contributed by atoms with Crippen molar-refractivity contribution in [2.24, 2.45) is 11.8 Å². The number of rotatable bonds is 4. The van der Waals surface area contributed by atoms with Gasteiger partial charge in [0.25, 0.3) is 5.91 Å². The normalized spacial score (nSPS) is 21.2. The number of nitrogens with zero attached hydrogens (tertiary/aromatic N) is 3. The van der Waals surface area contributed by atoms with Crippen LogP contribution < -0.4 is 5.32 Å². The molecule has 2 aromatic rings. The van der Waals surface area contributed by atoms with E-state index in [0.717, 1.165) is 43.7 Å². The van der Waals surface area contributed by atoms with Gasteiger partial charge in [-0.25, -0.2) is 4.98 Å². The fourth-order valence-corrected chi connectivity index (χ4v) is 4.15. The predicted octanol–water partition coefficient (Wildman–Crippen LogP) is 4.29. The molecule has 27 heavy (non-hydrogen) atoms. The van der Waals surface area contributed by atoms with Crippen molar-refractivity contribution in [3.63, 3.8) is 0 Å². The van der Waals surface area contributed by atoms with Crippen molar-refractivity contribution < 1.29 is 18.0 Å². The number of amides is 1. The average molecular weight is 398 g/mol. The Morgan fingerprint density at radius 2 is 2.00 bits per heavy atom. The second kappa shape index (κ2) is 7.93. The third-order valence-electron chi connectivity index (χ3n) is 4.42. The molecule has 5 nitrogen and oxygen atoms in total. The van der Waals surface area contributed by atoms with Crippen LogP contribution in [-0.2, 0) is 12.7 Å². The Bertz CT molecular complexity index is 781. The van der Waals surface area contributed by atoms with Crippen molar-refractivity contribution in [2.75, 3.05) is 18.4 Å². The number of piperidine rings is 1. The molecule has 0 radical (unpaired) electrons. The molecule has 2 aromatic heterocycles. The first-order valence-corrected chi connectivity index (χ1v) is 9.60. The number of alkyl halides is 3. The molecule has 1 saturated heterocycles. The largest absolute Gasteiger partial charge is 0.433 e. The number of halogens is 3. The molecule has 1 N–H and O–H groups in total. The molecule has 0 unspecified atom stereocenters. The Morgan fingerprint density at radius 3 is 2.59 bits per heavy atom. The van der Waals surface area contributed by atoms with Crippen LogP contribution in [-0.4, -0.2) is 33.9 Å². The van der Waals surface area contributed by atoms with Crippen molar-refractivity contribution in [2.45, 2.75) is 33.0 Å². The fraction of sp³-hybridized carbons (Fsp3) is 0.500. The number of nitrogens with one attached hydrogen (secondary N) is 1. The van der Waals surface area contributed by atoms with Gasteiger partial charge in [-0.15, -0.1) is 11.3 Å². The minimum atomic E-state index is -4.53. The second-order valence-electron chi connectivity index (χ2n) is 7.17. The van der Waals surface area contributed by atoms with Crippen LogP contribution in [0.15, 0.2) is 23.7 Å². The number of hydrogen-bond donors (Lipinski definition) is 1. The van der Waals surface area contributed by atoms with Gasteiger partial charge in [-0.3, -0.25) is 20.0 Å². The standard InChI is InChI=1S/C18H21F3N4OS/c1-11-5-12(2)8-25(7-11)9-14-10-27-17(23-14)24-16(26)13-3-4-15(22-6-13)18(19,20)21/h3-4,6,10-12H,5,7-9H2,1-2H3,(H,23,24,26)/t11-,12-/m1/s1. The summed E-state index contributed by atoms with van der Waals surface area (Å²) in [5, 5.41) is 4.94. The van der Waals surface area contributed by atoms with Gasteiger partial charge < -0.3 is 0 Å². The van der Waals surface area contributed by atoms with E-state index >= 15 is 0 Å². The molecule has 3 heterocycles. The topological polar surface area (TPSA) is 58.1 Å². The Morgan fingerprint density at radius 1 is 1.30 bits per heavy atom. The summed E-state index contributed by atoms with van der Waals surface area (Å²) in [7, 11) is 0. The van der Waals surface area contributed by atoms with Crippen LogP contribution in [0.5, 0.6) is 0 Å². The number of hydrogen-bond acceptors (Lipinski definition) is 5. The number of carbonyl (C=O) groups is 1. The lowest BCUT2D eigenvalue weighted by atomic mass is 9.92. The Labute approximate surface area is 159 Å². The van der Waals surface area contributed by atoms with Crippen LogP contribution in [0.2, 0.25) is 0 Å². The van der Waals surface area contributed by atoms with Crippen LogP contribution in [0.25, 0.3) is 0 Å². The number of thiazole rings is 1. The smallest absolute Gasteiger partial charge is 0.298 e. The molecule has 146 valence electrons. The minimum absolute atomic E-state index is 0.0541. The number of pyridine rings is 1. The summed E-state index contributed by atoms with van der Waals surface area (Å²) >= 11 is 1.30. The van der Waals surface area contributed by atoms with E-state index in [0.29, 0.717) is 17.0 Å². The predicted molar refractivity (Wildman–Crippen MR) is 97.5 cm³/mol. The van der Waals surface area contributed by atoms with E-state index in [4.69, 9.17) is 0 Å². The van der Waals surface area contributed by atoms with Crippen LogP contribution in [0.3, 0.4) is 0 Å². The van der Waals surface area contributed by atoms with Gasteiger partial charge in [0, 0.05) is 31.2 Å². The van der Waals surface area contributed by atoms with Crippen LogP contribution >= 0.6 is 11.3 Å². The number of anilines is 1. The first kappa shape index (κ1) is 19.8. The lowest BCUT2D eigenvalue weighted by molar-refractivity contribution is -0.141. The van der Waals surface area contributed by atoms with Gasteiger partial charge in [-0.1, -0.05) is 13.8 Å². The Balaban J connectivity index is 1.59. The van der Waals surface area contributed by atoms with E-state index < -0.39 is 17.8 Å². The lowest BCUT2D eigenvalue weighted by Gasteiger charge is -2.34. The van der Waals surface area contributed by atoms with Crippen LogP contribution in [0, 0.1) is 11.8 Å². The fourth-order valence-electron chi connectivity index (χ4n) is 3.45. The zero-order valence-corrected chi connectivity index (χ0v) is 15.9. The van der Waals surface area contributed by atoms with E-state index in [-0.39, 0.29) is 5.56 Å². The van der Waals surface area contributed by atoms with Gasteiger partial charge >= 0.3 is 6.18 Å². The minimum Gasteiger partial charge on any atom is -0.298 e. The molecule has 9 heteroatoms. The van der Waals surface area contributed by atoms with Crippen molar-refractivity contribution >= 4 is 22.4 Å². The highest BCUT2D eigenvalue weighted by Gasteiger charge is 2.32. The summed E-state index contributed by atoms with van der Waals surface area (Å²) in [5.41, 5.74) is -0.0962. The van der Waals surface area contributed by atoms with Crippen molar-refractivity contribution in [1.82, 2.24) is 14.9 Å². The van der Waals surface area contributed by atoms with E-state index in [1.807, 2.05) is 5.38 Å². The van der Waals surface area contributed by atoms with Crippen molar-refractivity contribution in [3.05, 3.63) is 40.7 Å². The maximum absolute atomic E-state index is 12.5. The van der Waals surface area contributed by atoms with Gasteiger partial charge in [-0.05, 0) is 30.4 Å².